The molecule has 2 amide bonds. The molecule has 1 aromatic carbocycles. The fourth-order valence-corrected chi connectivity index (χ4v) is 4.19. The van der Waals surface area contributed by atoms with Crippen LogP contribution in [-0.4, -0.2) is 37.2 Å². The summed E-state index contributed by atoms with van der Waals surface area (Å²) in [6.45, 7) is 8.15. The molecular weight excluding hydrogens is 392 g/mol. The molecule has 2 N–H and O–H groups in total. The molecule has 3 aromatic heterocycles. The van der Waals surface area contributed by atoms with Crippen molar-refractivity contribution in [2.24, 2.45) is 0 Å². The molecule has 4 aromatic rings. The molecule has 2 atom stereocenters. The van der Waals surface area contributed by atoms with Gasteiger partial charge in [0.05, 0.1) is 24.1 Å². The van der Waals surface area contributed by atoms with Crippen molar-refractivity contribution in [1.29, 1.82) is 0 Å². The van der Waals surface area contributed by atoms with Crippen LogP contribution in [0.4, 0.5) is 5.69 Å². The summed E-state index contributed by atoms with van der Waals surface area (Å²) >= 11 is 0. The van der Waals surface area contributed by atoms with Crippen LogP contribution in [0.1, 0.15) is 60.6 Å². The first kappa shape index (κ1) is 19.3. The lowest BCUT2D eigenvalue weighted by atomic mass is 10.1. The average molecular weight is 416 g/mol. The Morgan fingerprint density at radius 1 is 1.13 bits per heavy atom. The predicted molar refractivity (Wildman–Crippen MR) is 119 cm³/mol. The number of aromatic nitrogens is 4. The van der Waals surface area contributed by atoms with E-state index in [1.165, 1.54) is 0 Å². The van der Waals surface area contributed by atoms with Gasteiger partial charge in [0.15, 0.2) is 5.65 Å². The van der Waals surface area contributed by atoms with Crippen molar-refractivity contribution in [1.82, 2.24) is 24.6 Å². The van der Waals surface area contributed by atoms with Gasteiger partial charge in [0.2, 0.25) is 0 Å². The largest absolute Gasteiger partial charge is 0.346 e. The lowest BCUT2D eigenvalue weighted by Crippen LogP contribution is -2.44. The minimum atomic E-state index is -0.226. The van der Waals surface area contributed by atoms with Crippen molar-refractivity contribution in [2.75, 3.05) is 5.32 Å². The van der Waals surface area contributed by atoms with Gasteiger partial charge in [-0.25, -0.2) is 9.67 Å². The van der Waals surface area contributed by atoms with Gasteiger partial charge < -0.3 is 15.2 Å². The molecule has 1 aliphatic heterocycles. The number of hydrogen-bond acceptors (Lipinski definition) is 4. The predicted octanol–water partition coefficient (Wildman–Crippen LogP) is 3.91. The van der Waals surface area contributed by atoms with Crippen LogP contribution in [0.25, 0.3) is 21.9 Å². The van der Waals surface area contributed by atoms with Crippen molar-refractivity contribution < 1.29 is 9.59 Å². The third kappa shape index (κ3) is 3.06. The van der Waals surface area contributed by atoms with Crippen LogP contribution in [0, 0.1) is 0 Å². The van der Waals surface area contributed by atoms with Gasteiger partial charge in [0.1, 0.15) is 5.69 Å². The molecule has 8 nitrogen and oxygen atoms in total. The van der Waals surface area contributed by atoms with Crippen LogP contribution in [0.3, 0.4) is 0 Å². The summed E-state index contributed by atoms with van der Waals surface area (Å²) in [4.78, 5) is 29.8. The molecule has 0 bridgehead atoms. The summed E-state index contributed by atoms with van der Waals surface area (Å²) in [7, 11) is 0. The van der Waals surface area contributed by atoms with E-state index >= 15 is 0 Å². The maximum absolute atomic E-state index is 13.0. The van der Waals surface area contributed by atoms with Crippen molar-refractivity contribution in [3.05, 3.63) is 54.0 Å². The lowest BCUT2D eigenvalue weighted by molar-refractivity contribution is 0.0891. The number of pyridine rings is 1. The van der Waals surface area contributed by atoms with Gasteiger partial charge in [-0.05, 0) is 52.0 Å². The summed E-state index contributed by atoms with van der Waals surface area (Å²) in [5, 5.41) is 12.1. The Labute approximate surface area is 179 Å². The standard InChI is InChI=1S/C23H24N6O2/c1-12(2)29-21-17(10-25-29)7-18(11-24-21)27-22(30)16-6-5-15-8-20-23(31)26-13(3)14(4)28(20)19(15)9-16/h5-14H,1-4H3,(H,26,31)(H,27,30)/t13-,14+/m1/s1. The van der Waals surface area contributed by atoms with Crippen LogP contribution >= 0.6 is 0 Å². The second kappa shape index (κ2) is 6.94. The zero-order chi connectivity index (χ0) is 21.9. The number of fused-ring (bicyclic) bond motifs is 4. The molecule has 0 spiro atoms. The molecule has 0 unspecified atom stereocenters. The molecule has 1 aliphatic rings. The van der Waals surface area contributed by atoms with Crippen LogP contribution in [-0.2, 0) is 0 Å². The number of carbonyl (C=O) groups is 2. The van der Waals surface area contributed by atoms with E-state index < -0.39 is 0 Å². The van der Waals surface area contributed by atoms with Gasteiger partial charge in [0.25, 0.3) is 11.8 Å². The Balaban J connectivity index is 1.48. The molecule has 5 rings (SSSR count). The van der Waals surface area contributed by atoms with Crippen molar-refractivity contribution in [2.45, 2.75) is 45.8 Å². The van der Waals surface area contributed by atoms with Crippen LogP contribution in [0.15, 0.2) is 42.7 Å². The topological polar surface area (TPSA) is 93.8 Å². The smallest absolute Gasteiger partial charge is 0.268 e. The molecule has 31 heavy (non-hydrogen) atoms. The number of anilines is 1. The van der Waals surface area contributed by atoms with E-state index in [4.69, 9.17) is 0 Å². The Morgan fingerprint density at radius 2 is 1.94 bits per heavy atom. The number of benzene rings is 1. The molecule has 0 saturated carbocycles. The van der Waals surface area contributed by atoms with E-state index in [-0.39, 0.29) is 29.9 Å². The van der Waals surface area contributed by atoms with Crippen molar-refractivity contribution >= 4 is 39.4 Å². The van der Waals surface area contributed by atoms with Crippen LogP contribution in [0.2, 0.25) is 0 Å². The van der Waals surface area contributed by atoms with Gasteiger partial charge in [-0.3, -0.25) is 9.59 Å². The third-order valence-corrected chi connectivity index (χ3v) is 6.01. The molecule has 0 radical (unpaired) electrons. The maximum Gasteiger partial charge on any atom is 0.268 e. The molecule has 158 valence electrons. The third-order valence-electron chi connectivity index (χ3n) is 6.01. The fourth-order valence-electron chi connectivity index (χ4n) is 4.19. The zero-order valence-corrected chi connectivity index (χ0v) is 17.9. The molecule has 0 aliphatic carbocycles. The van der Waals surface area contributed by atoms with Crippen molar-refractivity contribution in [3.8, 4) is 0 Å². The number of carbonyl (C=O) groups excluding carboxylic acids is 2. The number of nitrogens with one attached hydrogen (secondary N) is 2. The molecule has 0 saturated heterocycles. The molecule has 0 fully saturated rings. The first-order chi connectivity index (χ1) is 14.8. The van der Waals surface area contributed by atoms with Crippen molar-refractivity contribution in [3.63, 3.8) is 0 Å². The SMILES string of the molecule is CC(C)n1ncc2cc(NC(=O)c3ccc4cc5n(c4c3)[C@@H](C)[C@@H](C)NC5=O)cnc21. The Kier molecular flexibility index (Phi) is 4.32. The average Bonchev–Trinajstić information content (AvgIpc) is 3.33. The second-order valence-electron chi connectivity index (χ2n) is 8.45. The zero-order valence-electron chi connectivity index (χ0n) is 17.9. The van der Waals surface area contributed by atoms with E-state index in [9.17, 15) is 9.59 Å². The highest BCUT2D eigenvalue weighted by Crippen LogP contribution is 2.30. The lowest BCUT2D eigenvalue weighted by Gasteiger charge is -2.30. The maximum atomic E-state index is 13.0. The summed E-state index contributed by atoms with van der Waals surface area (Å²) in [5.74, 6) is -0.315. The van der Waals surface area contributed by atoms with Crippen LogP contribution < -0.4 is 10.6 Å². The van der Waals surface area contributed by atoms with E-state index in [1.54, 1.807) is 18.5 Å². The number of amides is 2. The Morgan fingerprint density at radius 3 is 2.71 bits per heavy atom. The molecular formula is C23H24N6O2. The van der Waals surface area contributed by atoms with E-state index in [2.05, 4.69) is 27.6 Å². The molecule has 8 heteroatoms. The number of rotatable bonds is 3. The monoisotopic (exact) mass is 416 g/mol. The fraction of sp³-hybridized carbons (Fsp3) is 0.304. The van der Waals surface area contributed by atoms with Gasteiger partial charge >= 0.3 is 0 Å². The minimum Gasteiger partial charge on any atom is -0.346 e. The van der Waals surface area contributed by atoms with Gasteiger partial charge in [-0.2, -0.15) is 5.10 Å². The Bertz CT molecular complexity index is 1350. The normalized spacial score (nSPS) is 18.4. The second-order valence-corrected chi connectivity index (χ2v) is 8.45. The highest BCUT2D eigenvalue weighted by atomic mass is 16.2. The minimum absolute atomic E-state index is 0.0117. The molecule has 4 heterocycles. The van der Waals surface area contributed by atoms with Gasteiger partial charge in [0, 0.05) is 33.9 Å². The summed E-state index contributed by atoms with van der Waals surface area (Å²) in [6, 6.07) is 9.56. The highest BCUT2D eigenvalue weighted by molar-refractivity contribution is 6.07. The highest BCUT2D eigenvalue weighted by Gasteiger charge is 2.29. The van der Waals surface area contributed by atoms with Gasteiger partial charge in [-0.1, -0.05) is 6.07 Å². The number of hydrogen-bond donors (Lipinski definition) is 2. The van der Waals surface area contributed by atoms with Crippen LogP contribution in [0.5, 0.6) is 0 Å². The first-order valence-corrected chi connectivity index (χ1v) is 10.4. The first-order valence-electron chi connectivity index (χ1n) is 10.4. The summed E-state index contributed by atoms with van der Waals surface area (Å²) < 4.78 is 3.87. The van der Waals surface area contributed by atoms with E-state index in [1.807, 2.05) is 54.3 Å². The Hall–Kier alpha value is -3.68. The van der Waals surface area contributed by atoms with E-state index in [0.717, 1.165) is 21.9 Å². The summed E-state index contributed by atoms with van der Waals surface area (Å²) in [6.07, 6.45) is 3.40. The summed E-state index contributed by atoms with van der Waals surface area (Å²) in [5.41, 5.74) is 3.42. The number of nitrogens with zero attached hydrogens (tertiary/aromatic N) is 4. The van der Waals surface area contributed by atoms with E-state index in [0.29, 0.717) is 16.9 Å². The quantitative estimate of drug-likeness (QED) is 0.529. The van der Waals surface area contributed by atoms with Gasteiger partial charge in [-0.15, -0.1) is 0 Å².